The lowest BCUT2D eigenvalue weighted by molar-refractivity contribution is 0.0721. The third-order valence-electron chi connectivity index (χ3n) is 3.88. The Bertz CT molecular complexity index is 520. The number of benzene rings is 1. The number of nitrogens with zero attached hydrogens (tertiary/aromatic N) is 1. The first kappa shape index (κ1) is 18.1. The van der Waals surface area contributed by atoms with Gasteiger partial charge in [-0.3, -0.25) is 4.79 Å². The van der Waals surface area contributed by atoms with Crippen LogP contribution in [0.15, 0.2) is 24.3 Å². The summed E-state index contributed by atoms with van der Waals surface area (Å²) in [6, 6.07) is 5.33. The first-order valence-electron chi connectivity index (χ1n) is 7.30. The molecule has 0 spiro atoms. The number of ether oxygens (including phenoxy) is 1. The minimum absolute atomic E-state index is 0.0824. The van der Waals surface area contributed by atoms with Crippen LogP contribution in [-0.2, 0) is 4.74 Å². The number of rotatable bonds is 5. The Morgan fingerprint density at radius 2 is 1.77 bits per heavy atom. The molecule has 1 unspecified atom stereocenters. The van der Waals surface area contributed by atoms with E-state index in [0.29, 0.717) is 5.56 Å². The number of hydrogen-bond acceptors (Lipinski definition) is 3. The molecule has 0 aliphatic heterocycles. The summed E-state index contributed by atoms with van der Waals surface area (Å²) >= 11 is 0. The predicted molar refractivity (Wildman–Crippen MR) is 83.4 cm³/mol. The van der Waals surface area contributed by atoms with E-state index in [1.165, 1.54) is 31.4 Å². The van der Waals surface area contributed by atoms with Crippen molar-refractivity contribution in [3.8, 4) is 0 Å². The lowest BCUT2D eigenvalue weighted by Crippen LogP contribution is -2.46. The van der Waals surface area contributed by atoms with Crippen molar-refractivity contribution < 1.29 is 18.7 Å². The summed E-state index contributed by atoms with van der Waals surface area (Å²) < 4.78 is 17.7. The Labute approximate surface area is 131 Å². The van der Waals surface area contributed by atoms with Gasteiger partial charge in [0.15, 0.2) is 5.78 Å². The van der Waals surface area contributed by atoms with E-state index in [2.05, 4.69) is 0 Å². The first-order chi connectivity index (χ1) is 10.2. The molecule has 0 radical (unpaired) electrons. The van der Waals surface area contributed by atoms with Crippen molar-refractivity contribution >= 4 is 11.9 Å². The van der Waals surface area contributed by atoms with E-state index < -0.39 is 6.09 Å². The fraction of sp³-hybridized carbons (Fsp3) is 0.529. The molecule has 1 aromatic rings. The number of carbonyl (C=O) groups excluding carboxylic acids is 2. The highest BCUT2D eigenvalue weighted by molar-refractivity contribution is 5.96. The zero-order valence-electron chi connectivity index (χ0n) is 13.9. The average Bonchev–Trinajstić information content (AvgIpc) is 2.46. The molecule has 0 saturated carbocycles. The standard InChI is InChI=1S/C17H24FNO3/c1-12(17(2,3)4)19(16(21)22-5)11-10-15(20)13-6-8-14(18)9-7-13/h6-9,12H,10-11H2,1-5H3. The third kappa shape index (κ3) is 4.83. The summed E-state index contributed by atoms with van der Waals surface area (Å²) in [6.07, 6.45) is -0.282. The second-order valence-electron chi connectivity index (χ2n) is 6.39. The Kier molecular flexibility index (Phi) is 6.09. The second-order valence-corrected chi connectivity index (χ2v) is 6.39. The van der Waals surface area contributed by atoms with Crippen LogP contribution in [0.4, 0.5) is 9.18 Å². The van der Waals surface area contributed by atoms with E-state index in [-0.39, 0.29) is 36.0 Å². The summed E-state index contributed by atoms with van der Waals surface area (Å²) in [4.78, 5) is 25.6. The van der Waals surface area contributed by atoms with Crippen LogP contribution in [0, 0.1) is 11.2 Å². The van der Waals surface area contributed by atoms with E-state index in [9.17, 15) is 14.0 Å². The number of hydrogen-bond donors (Lipinski definition) is 0. The van der Waals surface area contributed by atoms with Gasteiger partial charge in [-0.15, -0.1) is 0 Å². The zero-order chi connectivity index (χ0) is 16.9. The molecule has 0 aliphatic carbocycles. The summed E-state index contributed by atoms with van der Waals surface area (Å²) in [5.74, 6) is -0.510. The highest BCUT2D eigenvalue weighted by Crippen LogP contribution is 2.25. The molecule has 0 saturated heterocycles. The Balaban J connectivity index is 2.77. The fourth-order valence-electron chi connectivity index (χ4n) is 2.03. The van der Waals surface area contributed by atoms with Gasteiger partial charge in [-0.2, -0.15) is 0 Å². The maximum absolute atomic E-state index is 12.9. The third-order valence-corrected chi connectivity index (χ3v) is 3.88. The Morgan fingerprint density at radius 1 is 1.23 bits per heavy atom. The van der Waals surface area contributed by atoms with Crippen molar-refractivity contribution in [2.75, 3.05) is 13.7 Å². The second kappa shape index (κ2) is 7.38. The molecule has 1 atom stereocenters. The smallest absolute Gasteiger partial charge is 0.409 e. The van der Waals surface area contributed by atoms with Gasteiger partial charge in [-0.25, -0.2) is 9.18 Å². The fourth-order valence-corrected chi connectivity index (χ4v) is 2.03. The number of amides is 1. The van der Waals surface area contributed by atoms with Gasteiger partial charge in [0, 0.05) is 24.6 Å². The minimum atomic E-state index is -0.450. The van der Waals surface area contributed by atoms with Gasteiger partial charge in [0.25, 0.3) is 0 Å². The quantitative estimate of drug-likeness (QED) is 0.775. The summed E-state index contributed by atoms with van der Waals surface area (Å²) in [6.45, 7) is 8.26. The number of Topliss-reactive ketones (excluding diaryl/α,β-unsaturated/α-hetero) is 1. The number of methoxy groups -OCH3 is 1. The van der Waals surface area contributed by atoms with E-state index in [1.807, 2.05) is 27.7 Å². The molecular weight excluding hydrogens is 285 g/mol. The van der Waals surface area contributed by atoms with E-state index in [4.69, 9.17) is 4.74 Å². The van der Waals surface area contributed by atoms with E-state index in [0.717, 1.165) is 0 Å². The molecule has 1 aromatic carbocycles. The molecule has 0 bridgehead atoms. The highest BCUT2D eigenvalue weighted by atomic mass is 19.1. The SMILES string of the molecule is COC(=O)N(CCC(=O)c1ccc(F)cc1)C(C)C(C)(C)C. The van der Waals surface area contributed by atoms with Crippen LogP contribution < -0.4 is 0 Å². The van der Waals surface area contributed by atoms with Crippen molar-refractivity contribution in [3.63, 3.8) is 0 Å². The topological polar surface area (TPSA) is 46.6 Å². The lowest BCUT2D eigenvalue weighted by atomic mass is 9.87. The largest absolute Gasteiger partial charge is 0.453 e. The minimum Gasteiger partial charge on any atom is -0.453 e. The van der Waals surface area contributed by atoms with Gasteiger partial charge >= 0.3 is 6.09 Å². The van der Waals surface area contributed by atoms with Crippen LogP contribution >= 0.6 is 0 Å². The monoisotopic (exact) mass is 309 g/mol. The lowest BCUT2D eigenvalue weighted by Gasteiger charge is -2.36. The van der Waals surface area contributed by atoms with Gasteiger partial charge < -0.3 is 9.64 Å². The van der Waals surface area contributed by atoms with Gasteiger partial charge in [0.05, 0.1) is 7.11 Å². The summed E-state index contributed by atoms with van der Waals surface area (Å²) in [5, 5.41) is 0. The molecule has 22 heavy (non-hydrogen) atoms. The zero-order valence-corrected chi connectivity index (χ0v) is 13.9. The van der Waals surface area contributed by atoms with Crippen LogP contribution in [-0.4, -0.2) is 36.5 Å². The molecule has 5 heteroatoms. The molecule has 0 heterocycles. The molecule has 0 aliphatic rings. The van der Waals surface area contributed by atoms with Crippen molar-refractivity contribution in [2.45, 2.75) is 40.2 Å². The van der Waals surface area contributed by atoms with Gasteiger partial charge in [-0.1, -0.05) is 20.8 Å². The van der Waals surface area contributed by atoms with Crippen LogP contribution in [0.2, 0.25) is 0 Å². The van der Waals surface area contributed by atoms with Crippen LogP contribution in [0.25, 0.3) is 0 Å². The van der Waals surface area contributed by atoms with Gasteiger partial charge in [-0.05, 0) is 36.6 Å². The van der Waals surface area contributed by atoms with Crippen molar-refractivity contribution in [3.05, 3.63) is 35.6 Å². The molecule has 4 nitrogen and oxygen atoms in total. The summed E-state index contributed by atoms with van der Waals surface area (Å²) in [7, 11) is 1.33. The van der Waals surface area contributed by atoms with Crippen LogP contribution in [0.5, 0.6) is 0 Å². The summed E-state index contributed by atoms with van der Waals surface area (Å²) in [5.41, 5.74) is 0.308. The van der Waals surface area contributed by atoms with Gasteiger partial charge in [0.1, 0.15) is 5.82 Å². The number of ketones is 1. The van der Waals surface area contributed by atoms with Crippen LogP contribution in [0.1, 0.15) is 44.5 Å². The molecule has 1 rings (SSSR count). The average molecular weight is 309 g/mol. The predicted octanol–water partition coefficient (Wildman–Crippen LogP) is 3.90. The first-order valence-corrected chi connectivity index (χ1v) is 7.30. The molecule has 0 fully saturated rings. The van der Waals surface area contributed by atoms with Crippen LogP contribution in [0.3, 0.4) is 0 Å². The molecular formula is C17H24FNO3. The van der Waals surface area contributed by atoms with Crippen molar-refractivity contribution in [1.82, 2.24) is 4.90 Å². The van der Waals surface area contributed by atoms with Gasteiger partial charge in [0.2, 0.25) is 0 Å². The number of halogens is 1. The van der Waals surface area contributed by atoms with E-state index in [1.54, 1.807) is 4.90 Å². The maximum Gasteiger partial charge on any atom is 0.409 e. The maximum atomic E-state index is 12.9. The molecule has 122 valence electrons. The normalized spacial score (nSPS) is 12.6. The molecule has 0 N–H and O–H groups in total. The van der Waals surface area contributed by atoms with Crippen molar-refractivity contribution in [1.29, 1.82) is 0 Å². The molecule has 1 amide bonds. The Morgan fingerprint density at radius 3 is 2.23 bits per heavy atom. The van der Waals surface area contributed by atoms with Crippen molar-refractivity contribution in [2.24, 2.45) is 5.41 Å². The molecule has 0 aromatic heterocycles. The highest BCUT2D eigenvalue weighted by Gasteiger charge is 2.30. The number of carbonyl (C=O) groups is 2. The Hall–Kier alpha value is -1.91. The van der Waals surface area contributed by atoms with E-state index >= 15 is 0 Å².